The highest BCUT2D eigenvalue weighted by atomic mass is 15.1. The molecule has 9 aromatic carbocycles. The zero-order valence-electron chi connectivity index (χ0n) is 39.8. The van der Waals surface area contributed by atoms with Crippen molar-refractivity contribution >= 4 is 17.1 Å². The first-order chi connectivity index (χ1) is 32.2. The Morgan fingerprint density at radius 2 is 0.642 bits per heavy atom. The number of nitrogens with zero attached hydrogens (tertiary/aromatic N) is 1. The van der Waals surface area contributed by atoms with Gasteiger partial charge < -0.3 is 4.90 Å². The van der Waals surface area contributed by atoms with E-state index >= 15 is 0 Å². The maximum Gasteiger partial charge on any atom is 0.0465 e. The van der Waals surface area contributed by atoms with Crippen molar-refractivity contribution in [1.82, 2.24) is 0 Å². The highest BCUT2D eigenvalue weighted by Crippen LogP contribution is 2.59. The van der Waals surface area contributed by atoms with Gasteiger partial charge in [-0.05, 0) is 166 Å². The van der Waals surface area contributed by atoms with E-state index < -0.39 is 0 Å². The second-order valence-electron chi connectivity index (χ2n) is 21.7. The second kappa shape index (κ2) is 13.7. The van der Waals surface area contributed by atoms with Gasteiger partial charge in [-0.25, -0.2) is 0 Å². The first kappa shape index (κ1) is 40.1. The average molecular weight is 862 g/mol. The molecule has 0 N–H and O–H groups in total. The first-order valence-corrected chi connectivity index (χ1v) is 24.2. The lowest BCUT2D eigenvalue weighted by molar-refractivity contribution is 0.652. The molecule has 0 fully saturated rings. The van der Waals surface area contributed by atoms with Gasteiger partial charge in [-0.3, -0.25) is 0 Å². The third kappa shape index (κ3) is 5.49. The van der Waals surface area contributed by atoms with E-state index in [0.717, 1.165) is 5.69 Å². The Labute approximate surface area is 396 Å². The molecule has 0 aliphatic heterocycles. The lowest BCUT2D eigenvalue weighted by Gasteiger charge is -2.30. The minimum absolute atomic E-state index is 0.0490. The van der Waals surface area contributed by atoms with E-state index in [1.54, 1.807) is 0 Å². The maximum atomic E-state index is 2.56. The zero-order chi connectivity index (χ0) is 45.8. The zero-order valence-corrected chi connectivity index (χ0v) is 39.8. The fourth-order valence-corrected chi connectivity index (χ4v) is 13.0. The van der Waals surface area contributed by atoms with Crippen LogP contribution in [0.5, 0.6) is 0 Å². The Bertz CT molecular complexity index is 3560. The van der Waals surface area contributed by atoms with Crippen molar-refractivity contribution in [3.05, 3.63) is 233 Å². The van der Waals surface area contributed by atoms with E-state index in [-0.39, 0.29) is 21.7 Å². The molecule has 0 unspecified atom stereocenters. The molecule has 0 spiro atoms. The number of hydrogen-bond acceptors (Lipinski definition) is 1. The average Bonchev–Trinajstić information content (AvgIpc) is 3.91. The smallest absolute Gasteiger partial charge is 0.0465 e. The van der Waals surface area contributed by atoms with Crippen molar-refractivity contribution in [2.75, 3.05) is 4.90 Å². The summed E-state index contributed by atoms with van der Waals surface area (Å²) < 4.78 is 0. The van der Waals surface area contributed by atoms with E-state index in [9.17, 15) is 0 Å². The standard InChI is InChI=1S/C66H55N/c1-63(2)54-22-14-12-19-47(54)49-32-27-42(35-57(49)63)40-25-28-43(29-26-40)67(44-30-33-50-48-20-13-15-23-55(48)64(3,4)58(50)36-44)45-31-34-51-52-38-61-53(39-60(52)66(7,8)59(51)37-45)62-46(41-17-10-9-11-18-41)21-16-24-56(62)65(61,5)6/h9-39H,1-8H3. The van der Waals surface area contributed by atoms with Crippen molar-refractivity contribution in [2.45, 2.75) is 77.0 Å². The summed E-state index contributed by atoms with van der Waals surface area (Å²) in [6.45, 7) is 19.2. The van der Waals surface area contributed by atoms with Gasteiger partial charge in [-0.2, -0.15) is 0 Å². The summed E-state index contributed by atoms with van der Waals surface area (Å²) in [7, 11) is 0. The summed E-state index contributed by atoms with van der Waals surface area (Å²) in [5, 5.41) is 0. The fraction of sp³-hybridized carbons (Fsp3) is 0.182. The quantitative estimate of drug-likeness (QED) is 0.167. The van der Waals surface area contributed by atoms with Gasteiger partial charge in [0.05, 0.1) is 0 Å². The summed E-state index contributed by atoms with van der Waals surface area (Å²) in [4.78, 5) is 2.50. The summed E-state index contributed by atoms with van der Waals surface area (Å²) in [5.41, 5.74) is 30.0. The molecule has 67 heavy (non-hydrogen) atoms. The van der Waals surface area contributed by atoms with E-state index in [1.807, 2.05) is 0 Å². The molecule has 0 bridgehead atoms. The highest BCUT2D eigenvalue weighted by molar-refractivity contribution is 5.97. The van der Waals surface area contributed by atoms with Gasteiger partial charge >= 0.3 is 0 Å². The molecule has 0 saturated carbocycles. The predicted molar refractivity (Wildman–Crippen MR) is 282 cm³/mol. The predicted octanol–water partition coefficient (Wildman–Crippen LogP) is 17.7. The number of rotatable bonds is 5. The van der Waals surface area contributed by atoms with Gasteiger partial charge in [-0.1, -0.05) is 189 Å². The third-order valence-corrected chi connectivity index (χ3v) is 16.7. The molecule has 1 heteroatoms. The molecule has 0 heterocycles. The summed E-state index contributed by atoms with van der Waals surface area (Å²) >= 11 is 0. The Morgan fingerprint density at radius 3 is 1.27 bits per heavy atom. The number of anilines is 3. The number of hydrogen-bond donors (Lipinski definition) is 0. The Morgan fingerprint density at radius 1 is 0.239 bits per heavy atom. The van der Waals surface area contributed by atoms with Crippen LogP contribution in [-0.4, -0.2) is 0 Å². The van der Waals surface area contributed by atoms with E-state index in [1.165, 1.54) is 123 Å². The van der Waals surface area contributed by atoms with Crippen LogP contribution < -0.4 is 4.90 Å². The molecule has 0 saturated heterocycles. The number of fused-ring (bicyclic) bond motifs is 12. The van der Waals surface area contributed by atoms with Crippen molar-refractivity contribution in [3.63, 3.8) is 0 Å². The molecule has 4 aliphatic rings. The fourth-order valence-electron chi connectivity index (χ4n) is 13.0. The topological polar surface area (TPSA) is 3.24 Å². The lowest BCUT2D eigenvalue weighted by atomic mass is 9.79. The molecule has 1 nitrogen and oxygen atoms in total. The molecule has 0 aromatic heterocycles. The van der Waals surface area contributed by atoms with Gasteiger partial charge in [0.1, 0.15) is 0 Å². The largest absolute Gasteiger partial charge is 0.310 e. The molecular weight excluding hydrogens is 807 g/mol. The van der Waals surface area contributed by atoms with Gasteiger partial charge in [0.15, 0.2) is 0 Å². The molecule has 4 aliphatic carbocycles. The first-order valence-electron chi connectivity index (χ1n) is 24.2. The summed E-state index contributed by atoms with van der Waals surface area (Å²) in [5.74, 6) is 0. The van der Waals surface area contributed by atoms with Gasteiger partial charge in [0, 0.05) is 38.7 Å². The van der Waals surface area contributed by atoms with Crippen LogP contribution in [0.2, 0.25) is 0 Å². The van der Waals surface area contributed by atoms with Crippen LogP contribution >= 0.6 is 0 Å². The summed E-state index contributed by atoms with van der Waals surface area (Å²) in [6.07, 6.45) is 0. The molecule has 324 valence electrons. The van der Waals surface area contributed by atoms with E-state index in [2.05, 4.69) is 248 Å². The molecule has 0 atom stereocenters. The SMILES string of the molecule is CC1(C)c2ccccc2-c2ccc(-c3ccc(N(c4ccc5c(c4)C(C)(C)c4ccccc4-5)c4ccc5c(c4)C(C)(C)c4cc6c(cc4-5)C(C)(C)c4cccc(-c5ccccc5)c4-6)cc3)cc21. The minimum Gasteiger partial charge on any atom is -0.310 e. The van der Waals surface area contributed by atoms with Crippen molar-refractivity contribution in [1.29, 1.82) is 0 Å². The van der Waals surface area contributed by atoms with Crippen LogP contribution in [0.25, 0.3) is 66.8 Å². The van der Waals surface area contributed by atoms with Crippen LogP contribution in [0.15, 0.2) is 188 Å². The Kier molecular flexibility index (Phi) is 8.18. The van der Waals surface area contributed by atoms with E-state index in [4.69, 9.17) is 0 Å². The molecular formula is C66H55N. The maximum absolute atomic E-state index is 2.56. The molecule has 13 rings (SSSR count). The van der Waals surface area contributed by atoms with Crippen LogP contribution in [0, 0.1) is 0 Å². The minimum atomic E-state index is -0.220. The molecule has 0 amide bonds. The monoisotopic (exact) mass is 861 g/mol. The van der Waals surface area contributed by atoms with Crippen LogP contribution in [0.1, 0.15) is 99.9 Å². The summed E-state index contributed by atoms with van der Waals surface area (Å²) in [6, 6.07) is 71.6. The normalized spacial score (nSPS) is 16.2. The highest BCUT2D eigenvalue weighted by Gasteiger charge is 2.43. The van der Waals surface area contributed by atoms with Crippen molar-refractivity contribution in [3.8, 4) is 66.8 Å². The van der Waals surface area contributed by atoms with Gasteiger partial charge in [0.2, 0.25) is 0 Å². The van der Waals surface area contributed by atoms with Crippen LogP contribution in [-0.2, 0) is 21.7 Å². The second-order valence-corrected chi connectivity index (χ2v) is 21.7. The van der Waals surface area contributed by atoms with Gasteiger partial charge in [-0.15, -0.1) is 0 Å². The third-order valence-electron chi connectivity index (χ3n) is 16.7. The van der Waals surface area contributed by atoms with Crippen molar-refractivity contribution < 1.29 is 0 Å². The van der Waals surface area contributed by atoms with E-state index in [0.29, 0.717) is 0 Å². The molecule has 0 radical (unpaired) electrons. The Balaban J connectivity index is 0.936. The van der Waals surface area contributed by atoms with Crippen LogP contribution in [0.3, 0.4) is 0 Å². The van der Waals surface area contributed by atoms with Crippen molar-refractivity contribution in [2.24, 2.45) is 0 Å². The lowest BCUT2D eigenvalue weighted by Crippen LogP contribution is -2.18. The Hall–Kier alpha value is -7.22. The van der Waals surface area contributed by atoms with Gasteiger partial charge in [0.25, 0.3) is 0 Å². The number of benzene rings is 9. The van der Waals surface area contributed by atoms with Crippen LogP contribution in [0.4, 0.5) is 17.1 Å². The molecule has 9 aromatic rings.